The van der Waals surface area contributed by atoms with Gasteiger partial charge in [-0.25, -0.2) is 15.0 Å². The molecule has 0 amide bonds. The summed E-state index contributed by atoms with van der Waals surface area (Å²) >= 11 is 0. The summed E-state index contributed by atoms with van der Waals surface area (Å²) in [6.45, 7) is 4.88. The standard InChI is InChI=1S/C42H37N3/c1-41(2)34-19-11-10-18-30(34)32-26-37-33(25-36(32)41)31-24-29(20-21-35(31)42(37)22-12-5-13-23-42)40-44-38(27-14-6-3-7-15-27)43-39(45-40)28-16-8-4-9-17-28/h3-4,6-11,14-21,24-26,32,36H,5,12-13,22-23H2,1-2H3. The van der Waals surface area contributed by atoms with E-state index in [1.807, 2.05) is 36.4 Å². The number of aromatic nitrogens is 3. The highest BCUT2D eigenvalue weighted by atomic mass is 15.0. The van der Waals surface area contributed by atoms with E-state index in [-0.39, 0.29) is 10.8 Å². The lowest BCUT2D eigenvalue weighted by Gasteiger charge is -2.39. The molecule has 3 heteroatoms. The molecule has 2 unspecified atom stereocenters. The highest BCUT2D eigenvalue weighted by Gasteiger charge is 2.52. The molecule has 1 spiro atoms. The molecule has 0 saturated heterocycles. The Labute approximate surface area is 265 Å². The van der Waals surface area contributed by atoms with Crippen molar-refractivity contribution in [2.24, 2.45) is 5.92 Å². The molecule has 3 nitrogen and oxygen atoms in total. The predicted octanol–water partition coefficient (Wildman–Crippen LogP) is 10.1. The van der Waals surface area contributed by atoms with Gasteiger partial charge in [0, 0.05) is 28.0 Å². The minimum Gasteiger partial charge on any atom is -0.208 e. The molecule has 0 bridgehead atoms. The van der Waals surface area contributed by atoms with Crippen molar-refractivity contribution in [3.8, 4) is 34.2 Å². The topological polar surface area (TPSA) is 38.7 Å². The molecular formula is C42H37N3. The average Bonchev–Trinajstić information content (AvgIpc) is 3.49. The smallest absolute Gasteiger partial charge is 0.164 e. The summed E-state index contributed by atoms with van der Waals surface area (Å²) in [5.41, 5.74) is 12.2. The van der Waals surface area contributed by atoms with Gasteiger partial charge in [0.1, 0.15) is 0 Å². The van der Waals surface area contributed by atoms with Crippen LogP contribution in [0.5, 0.6) is 0 Å². The monoisotopic (exact) mass is 583 g/mol. The van der Waals surface area contributed by atoms with Crippen LogP contribution in [0.25, 0.3) is 39.7 Å². The first-order chi connectivity index (χ1) is 22.0. The summed E-state index contributed by atoms with van der Waals surface area (Å²) in [7, 11) is 0. The number of allylic oxidation sites excluding steroid dienone is 4. The third-order valence-corrected chi connectivity index (χ3v) is 11.2. The van der Waals surface area contributed by atoms with E-state index in [2.05, 4.69) is 92.7 Å². The molecule has 220 valence electrons. The molecule has 4 aromatic carbocycles. The Bertz CT molecular complexity index is 1950. The van der Waals surface area contributed by atoms with E-state index in [0.717, 1.165) is 22.5 Å². The van der Waals surface area contributed by atoms with Gasteiger partial charge in [-0.15, -0.1) is 0 Å². The third-order valence-electron chi connectivity index (χ3n) is 11.2. The van der Waals surface area contributed by atoms with E-state index in [4.69, 9.17) is 15.0 Å². The van der Waals surface area contributed by atoms with Crippen LogP contribution < -0.4 is 0 Å². The molecule has 2 atom stereocenters. The molecule has 1 heterocycles. The Balaban J connectivity index is 1.23. The van der Waals surface area contributed by atoms with E-state index in [1.54, 1.807) is 5.57 Å². The second-order valence-corrected chi connectivity index (χ2v) is 14.0. The number of benzene rings is 4. The van der Waals surface area contributed by atoms with Gasteiger partial charge in [-0.2, -0.15) is 0 Å². The molecule has 4 aliphatic carbocycles. The van der Waals surface area contributed by atoms with Crippen molar-refractivity contribution in [3.05, 3.63) is 143 Å². The Kier molecular flexibility index (Phi) is 5.91. The van der Waals surface area contributed by atoms with Crippen molar-refractivity contribution in [2.75, 3.05) is 0 Å². The van der Waals surface area contributed by atoms with Crippen molar-refractivity contribution >= 4 is 5.57 Å². The molecule has 45 heavy (non-hydrogen) atoms. The van der Waals surface area contributed by atoms with E-state index in [9.17, 15) is 0 Å². The van der Waals surface area contributed by atoms with Crippen LogP contribution in [0, 0.1) is 5.92 Å². The first-order valence-electron chi connectivity index (χ1n) is 16.6. The maximum atomic E-state index is 5.08. The molecule has 0 N–H and O–H groups in total. The van der Waals surface area contributed by atoms with Gasteiger partial charge in [0.15, 0.2) is 17.5 Å². The molecule has 0 radical (unpaired) electrons. The number of hydrogen-bond donors (Lipinski definition) is 0. The Morgan fingerprint density at radius 3 is 1.84 bits per heavy atom. The van der Waals surface area contributed by atoms with Crippen molar-refractivity contribution in [1.82, 2.24) is 15.0 Å². The molecular weight excluding hydrogens is 546 g/mol. The van der Waals surface area contributed by atoms with Crippen LogP contribution in [0.4, 0.5) is 0 Å². The lowest BCUT2D eigenvalue weighted by atomic mass is 9.64. The SMILES string of the molecule is CC1(C)c2ccccc2C2C=C3C(=CC21)c1cc(-c2nc(-c4ccccc4)nc(-c4ccccc4)n2)ccc1C31CCCCC1. The fourth-order valence-electron chi connectivity index (χ4n) is 8.99. The Morgan fingerprint density at radius 2 is 1.18 bits per heavy atom. The summed E-state index contributed by atoms with van der Waals surface area (Å²) in [6.07, 6.45) is 11.7. The van der Waals surface area contributed by atoms with E-state index in [0.29, 0.717) is 23.5 Å². The van der Waals surface area contributed by atoms with Crippen LogP contribution in [0.3, 0.4) is 0 Å². The van der Waals surface area contributed by atoms with Gasteiger partial charge in [0.2, 0.25) is 0 Å². The lowest BCUT2D eigenvalue weighted by molar-refractivity contribution is 0.345. The molecule has 5 aromatic rings. The van der Waals surface area contributed by atoms with Crippen LogP contribution in [-0.2, 0) is 10.8 Å². The van der Waals surface area contributed by atoms with Crippen molar-refractivity contribution in [3.63, 3.8) is 0 Å². The predicted molar refractivity (Wildman–Crippen MR) is 183 cm³/mol. The third kappa shape index (κ3) is 3.99. The van der Waals surface area contributed by atoms with Crippen molar-refractivity contribution in [1.29, 1.82) is 0 Å². The summed E-state index contributed by atoms with van der Waals surface area (Å²) < 4.78 is 0. The molecule has 1 saturated carbocycles. The van der Waals surface area contributed by atoms with E-state index in [1.165, 1.54) is 59.9 Å². The van der Waals surface area contributed by atoms with E-state index >= 15 is 0 Å². The molecule has 4 aliphatic rings. The largest absolute Gasteiger partial charge is 0.208 e. The van der Waals surface area contributed by atoms with Crippen LogP contribution in [0.2, 0.25) is 0 Å². The van der Waals surface area contributed by atoms with Crippen LogP contribution in [0.1, 0.15) is 74.1 Å². The maximum Gasteiger partial charge on any atom is 0.164 e. The summed E-state index contributed by atoms with van der Waals surface area (Å²) in [5, 5.41) is 0. The zero-order valence-corrected chi connectivity index (χ0v) is 26.0. The van der Waals surface area contributed by atoms with Crippen molar-refractivity contribution in [2.45, 2.75) is 62.7 Å². The van der Waals surface area contributed by atoms with E-state index < -0.39 is 0 Å². The first-order valence-corrected chi connectivity index (χ1v) is 16.6. The van der Waals surface area contributed by atoms with Crippen LogP contribution in [0.15, 0.2) is 121 Å². The van der Waals surface area contributed by atoms with Gasteiger partial charge in [0.05, 0.1) is 0 Å². The maximum absolute atomic E-state index is 5.08. The quantitative estimate of drug-likeness (QED) is 0.212. The minimum absolute atomic E-state index is 0.0831. The summed E-state index contributed by atoms with van der Waals surface area (Å²) in [4.78, 5) is 15.1. The van der Waals surface area contributed by atoms with Gasteiger partial charge < -0.3 is 0 Å². The normalized spacial score (nSPS) is 21.7. The van der Waals surface area contributed by atoms with Crippen LogP contribution in [-0.4, -0.2) is 15.0 Å². The summed E-state index contributed by atoms with van der Waals surface area (Å²) in [5.74, 6) is 3.01. The fourth-order valence-corrected chi connectivity index (χ4v) is 8.99. The van der Waals surface area contributed by atoms with Gasteiger partial charge >= 0.3 is 0 Å². The highest BCUT2D eigenvalue weighted by molar-refractivity contribution is 5.93. The second kappa shape index (κ2) is 9.94. The molecule has 9 rings (SSSR count). The Morgan fingerprint density at radius 1 is 0.578 bits per heavy atom. The van der Waals surface area contributed by atoms with Gasteiger partial charge in [-0.1, -0.05) is 142 Å². The van der Waals surface area contributed by atoms with Crippen molar-refractivity contribution < 1.29 is 0 Å². The van der Waals surface area contributed by atoms with Gasteiger partial charge in [0.25, 0.3) is 0 Å². The number of fused-ring (bicyclic) bond motifs is 8. The molecule has 1 aromatic heterocycles. The molecule has 1 fully saturated rings. The zero-order chi connectivity index (χ0) is 30.2. The van der Waals surface area contributed by atoms with Gasteiger partial charge in [-0.3, -0.25) is 0 Å². The zero-order valence-electron chi connectivity index (χ0n) is 26.0. The number of hydrogen-bond acceptors (Lipinski definition) is 3. The molecule has 0 aliphatic heterocycles. The van der Waals surface area contributed by atoms with Crippen LogP contribution >= 0.6 is 0 Å². The number of nitrogens with zero attached hydrogens (tertiary/aromatic N) is 3. The van der Waals surface area contributed by atoms with Gasteiger partial charge in [-0.05, 0) is 63.6 Å². The first kappa shape index (κ1) is 26.7. The lowest BCUT2D eigenvalue weighted by Crippen LogP contribution is -2.31. The minimum atomic E-state index is 0.0831. The summed E-state index contributed by atoms with van der Waals surface area (Å²) in [6, 6.07) is 36.8. The second-order valence-electron chi connectivity index (χ2n) is 14.0. The highest BCUT2D eigenvalue weighted by Crippen LogP contribution is 2.63. The fraction of sp³-hybridized carbons (Fsp3) is 0.262. The average molecular weight is 584 g/mol. The Hall–Kier alpha value is -4.63. The number of rotatable bonds is 3.